The van der Waals surface area contributed by atoms with E-state index >= 15 is 0 Å². The Morgan fingerprint density at radius 3 is 1.76 bits per heavy atom. The first-order chi connectivity index (χ1) is 20.3. The summed E-state index contributed by atoms with van der Waals surface area (Å²) in [6.07, 6.45) is -0.274. The van der Waals surface area contributed by atoms with E-state index in [0.717, 1.165) is 18.7 Å². The smallest absolute Gasteiger partial charge is 0.410 e. The van der Waals surface area contributed by atoms with Gasteiger partial charge < -0.3 is 33.3 Å². The lowest BCUT2D eigenvalue weighted by Crippen LogP contribution is -2.60. The van der Waals surface area contributed by atoms with Crippen molar-refractivity contribution in [2.45, 2.75) is 58.5 Å². The topological polar surface area (TPSA) is 78.9 Å². The van der Waals surface area contributed by atoms with Crippen molar-refractivity contribution in [2.75, 3.05) is 72.6 Å². The molecule has 1 fully saturated rings. The van der Waals surface area contributed by atoms with Gasteiger partial charge in [-0.1, -0.05) is 60.7 Å². The number of hydrogen-bond donors (Lipinski definition) is 0. The fraction of sp³-hybridized carbons (Fsp3) is 0.606. The third-order valence-electron chi connectivity index (χ3n) is 6.72. The first-order valence-corrected chi connectivity index (χ1v) is 15.0. The molecular formula is C33H50N2O7. The Morgan fingerprint density at radius 2 is 1.21 bits per heavy atom. The van der Waals surface area contributed by atoms with Crippen LogP contribution in [0.25, 0.3) is 0 Å². The maximum atomic E-state index is 12.9. The summed E-state index contributed by atoms with van der Waals surface area (Å²) in [5.74, 6) is 0. The predicted octanol–water partition coefficient (Wildman–Crippen LogP) is 4.78. The van der Waals surface area contributed by atoms with Gasteiger partial charge in [0.1, 0.15) is 5.60 Å². The molecule has 0 bridgehead atoms. The van der Waals surface area contributed by atoms with Crippen molar-refractivity contribution in [3.05, 3.63) is 71.8 Å². The summed E-state index contributed by atoms with van der Waals surface area (Å²) in [5.41, 5.74) is 1.87. The largest absolute Gasteiger partial charge is 0.444 e. The Balaban J connectivity index is 1.26. The zero-order valence-electron chi connectivity index (χ0n) is 25.9. The fourth-order valence-corrected chi connectivity index (χ4v) is 4.62. The number of amides is 1. The fourth-order valence-electron chi connectivity index (χ4n) is 4.62. The summed E-state index contributed by atoms with van der Waals surface area (Å²) in [5, 5.41) is 0. The molecule has 2 aromatic rings. The van der Waals surface area contributed by atoms with Crippen LogP contribution in [0.5, 0.6) is 0 Å². The molecular weight excluding hydrogens is 536 g/mol. The minimum Gasteiger partial charge on any atom is -0.444 e. The maximum Gasteiger partial charge on any atom is 0.410 e. The van der Waals surface area contributed by atoms with E-state index in [1.165, 1.54) is 5.56 Å². The Kier molecular flexibility index (Phi) is 15.3. The molecule has 42 heavy (non-hydrogen) atoms. The van der Waals surface area contributed by atoms with Crippen molar-refractivity contribution in [3.63, 3.8) is 0 Å². The van der Waals surface area contributed by atoms with Crippen LogP contribution in [0.3, 0.4) is 0 Å². The molecule has 1 amide bonds. The third kappa shape index (κ3) is 13.6. The number of ether oxygens (including phenoxy) is 6. The lowest BCUT2D eigenvalue weighted by Gasteiger charge is -2.45. The van der Waals surface area contributed by atoms with Gasteiger partial charge in [-0.2, -0.15) is 0 Å². The first kappa shape index (κ1) is 34.0. The number of benzene rings is 2. The van der Waals surface area contributed by atoms with Gasteiger partial charge in [0.15, 0.2) is 0 Å². The number of carbonyl (C=O) groups excluding carboxylic acids is 1. The van der Waals surface area contributed by atoms with E-state index in [4.69, 9.17) is 28.4 Å². The Hall–Kier alpha value is -2.53. The summed E-state index contributed by atoms with van der Waals surface area (Å²) in [6.45, 7) is 15.1. The molecule has 0 radical (unpaired) electrons. The van der Waals surface area contributed by atoms with Crippen molar-refractivity contribution >= 4 is 6.09 Å². The number of rotatable bonds is 18. The van der Waals surface area contributed by atoms with E-state index < -0.39 is 5.60 Å². The van der Waals surface area contributed by atoms with E-state index in [0.29, 0.717) is 72.6 Å². The first-order valence-electron chi connectivity index (χ1n) is 15.0. The van der Waals surface area contributed by atoms with Gasteiger partial charge in [-0.25, -0.2) is 4.79 Å². The average Bonchev–Trinajstić information content (AvgIpc) is 2.96. The molecule has 0 saturated carbocycles. The summed E-state index contributed by atoms with van der Waals surface area (Å²) < 4.78 is 34.1. The molecule has 9 nitrogen and oxygen atoms in total. The van der Waals surface area contributed by atoms with Crippen molar-refractivity contribution in [2.24, 2.45) is 0 Å². The summed E-state index contributed by atoms with van der Waals surface area (Å²) >= 11 is 0. The molecule has 0 N–H and O–H groups in total. The molecule has 0 unspecified atom stereocenters. The zero-order chi connectivity index (χ0) is 30.0. The molecule has 0 aromatic heterocycles. The second kappa shape index (κ2) is 18.9. The van der Waals surface area contributed by atoms with Crippen LogP contribution in [0.2, 0.25) is 0 Å². The summed E-state index contributed by atoms with van der Waals surface area (Å²) in [7, 11) is 0. The highest BCUT2D eigenvalue weighted by Crippen LogP contribution is 2.21. The van der Waals surface area contributed by atoms with Crippen LogP contribution in [0, 0.1) is 0 Å². The molecule has 2 atom stereocenters. The molecule has 0 aliphatic carbocycles. The monoisotopic (exact) mass is 586 g/mol. The SMILES string of the molecule is C[C@@H]1CN(Cc2ccccc2)[C@@H](COCCOCCOCCOCCOCc2ccccc2)CN1C(=O)OC(C)(C)C. The normalized spacial score (nSPS) is 17.9. The highest BCUT2D eigenvalue weighted by atomic mass is 16.6. The van der Waals surface area contributed by atoms with Gasteiger partial charge in [-0.15, -0.1) is 0 Å². The van der Waals surface area contributed by atoms with Crippen molar-refractivity contribution in [1.82, 2.24) is 9.80 Å². The minimum absolute atomic E-state index is 0.0431. The Labute approximate surface area is 252 Å². The Morgan fingerprint density at radius 1 is 0.714 bits per heavy atom. The van der Waals surface area contributed by atoms with Gasteiger partial charge in [0.05, 0.1) is 72.1 Å². The van der Waals surface area contributed by atoms with Crippen LogP contribution in [-0.2, 0) is 41.6 Å². The van der Waals surface area contributed by atoms with Crippen LogP contribution in [-0.4, -0.2) is 106 Å². The average molecular weight is 587 g/mol. The summed E-state index contributed by atoms with van der Waals surface area (Å²) in [6, 6.07) is 20.6. The molecule has 0 spiro atoms. The number of hydrogen-bond acceptors (Lipinski definition) is 8. The van der Waals surface area contributed by atoms with Crippen LogP contribution >= 0.6 is 0 Å². The van der Waals surface area contributed by atoms with Crippen molar-refractivity contribution in [1.29, 1.82) is 0 Å². The molecule has 1 aliphatic rings. The van der Waals surface area contributed by atoms with Gasteiger partial charge in [0, 0.05) is 25.7 Å². The number of carbonyl (C=O) groups is 1. The molecule has 3 rings (SSSR count). The van der Waals surface area contributed by atoms with Crippen LogP contribution in [0.1, 0.15) is 38.8 Å². The van der Waals surface area contributed by atoms with Gasteiger partial charge in [0.25, 0.3) is 0 Å². The van der Waals surface area contributed by atoms with Crippen LogP contribution in [0.15, 0.2) is 60.7 Å². The lowest BCUT2D eigenvalue weighted by molar-refractivity contribution is -0.0438. The maximum absolute atomic E-state index is 12.9. The number of piperazine rings is 1. The summed E-state index contributed by atoms with van der Waals surface area (Å²) in [4.78, 5) is 17.1. The third-order valence-corrected chi connectivity index (χ3v) is 6.72. The van der Waals surface area contributed by atoms with E-state index in [1.54, 1.807) is 0 Å². The molecule has 1 saturated heterocycles. The number of nitrogens with zero attached hydrogens (tertiary/aromatic N) is 2. The second-order valence-electron chi connectivity index (χ2n) is 11.5. The standard InChI is InChI=1S/C33H50N2O7/c1-28-23-34(24-29-11-7-5-8-12-29)31(25-35(28)32(36)42-33(2,3)4)27-41-22-20-39-18-16-37-15-17-38-19-21-40-26-30-13-9-6-10-14-30/h5-14,28,31H,15-27H2,1-4H3/t28-,31-/m1/s1. The van der Waals surface area contributed by atoms with E-state index in [-0.39, 0.29) is 18.2 Å². The van der Waals surface area contributed by atoms with Gasteiger partial charge in [0.2, 0.25) is 0 Å². The van der Waals surface area contributed by atoms with Crippen LogP contribution < -0.4 is 0 Å². The van der Waals surface area contributed by atoms with E-state index in [1.807, 2.05) is 62.1 Å². The molecule has 234 valence electrons. The van der Waals surface area contributed by atoms with Gasteiger partial charge >= 0.3 is 6.09 Å². The molecule has 1 aliphatic heterocycles. The molecule has 1 heterocycles. The van der Waals surface area contributed by atoms with Crippen molar-refractivity contribution < 1.29 is 33.2 Å². The quantitative estimate of drug-likeness (QED) is 0.231. The predicted molar refractivity (Wildman–Crippen MR) is 162 cm³/mol. The zero-order valence-corrected chi connectivity index (χ0v) is 25.9. The molecule has 9 heteroatoms. The highest BCUT2D eigenvalue weighted by Gasteiger charge is 2.36. The van der Waals surface area contributed by atoms with Gasteiger partial charge in [-0.05, 0) is 38.8 Å². The minimum atomic E-state index is -0.532. The lowest BCUT2D eigenvalue weighted by atomic mass is 10.1. The van der Waals surface area contributed by atoms with E-state index in [9.17, 15) is 4.79 Å². The highest BCUT2D eigenvalue weighted by molar-refractivity contribution is 5.68. The van der Waals surface area contributed by atoms with Crippen molar-refractivity contribution in [3.8, 4) is 0 Å². The van der Waals surface area contributed by atoms with Gasteiger partial charge in [-0.3, -0.25) is 4.90 Å². The van der Waals surface area contributed by atoms with E-state index in [2.05, 4.69) is 36.1 Å². The molecule has 2 aromatic carbocycles. The second-order valence-corrected chi connectivity index (χ2v) is 11.5. The Bertz CT molecular complexity index is 987. The van der Waals surface area contributed by atoms with Crippen LogP contribution in [0.4, 0.5) is 4.79 Å².